The lowest BCUT2D eigenvalue weighted by Crippen LogP contribution is -2.41. The van der Waals surface area contributed by atoms with Crippen molar-refractivity contribution in [2.75, 3.05) is 19.0 Å². The Morgan fingerprint density at radius 1 is 0.966 bits per heavy atom. The van der Waals surface area contributed by atoms with Gasteiger partial charge in [-0.1, -0.05) is 50.6 Å². The van der Waals surface area contributed by atoms with E-state index >= 15 is 0 Å². The number of hydrogen-bond acceptors (Lipinski definition) is 5. The number of anilines is 1. The Hall–Kier alpha value is -2.08. The number of hydrogen-bond donors (Lipinski definition) is 3. The van der Waals surface area contributed by atoms with Gasteiger partial charge in [0.2, 0.25) is 0 Å². The van der Waals surface area contributed by atoms with Gasteiger partial charge in [0.15, 0.2) is 6.23 Å². The first-order chi connectivity index (χ1) is 13.9. The first-order valence-corrected chi connectivity index (χ1v) is 10.6. The molecular formula is C24H36N2O3. The molecule has 0 aromatic heterocycles. The number of aliphatic hydroxyl groups is 2. The van der Waals surface area contributed by atoms with E-state index in [1.54, 1.807) is 0 Å². The molecule has 5 heteroatoms. The third-order valence-electron chi connectivity index (χ3n) is 5.02. The first-order valence-electron chi connectivity index (χ1n) is 10.6. The topological polar surface area (TPSA) is 65.0 Å². The second-order valence-electron chi connectivity index (χ2n) is 7.64. The van der Waals surface area contributed by atoms with E-state index in [2.05, 4.69) is 34.5 Å². The Labute approximate surface area is 175 Å². The molecule has 0 saturated carbocycles. The zero-order chi connectivity index (χ0) is 21.2. The van der Waals surface area contributed by atoms with Crippen LogP contribution in [0.25, 0.3) is 0 Å². The maximum atomic E-state index is 10.8. The molecule has 2 aromatic rings. The molecule has 0 radical (unpaired) electrons. The van der Waals surface area contributed by atoms with Gasteiger partial charge in [-0.15, -0.1) is 0 Å². The minimum absolute atomic E-state index is 0.302. The van der Waals surface area contributed by atoms with Crippen LogP contribution in [-0.4, -0.2) is 36.8 Å². The van der Waals surface area contributed by atoms with E-state index in [0.29, 0.717) is 25.0 Å². The Morgan fingerprint density at radius 3 is 2.28 bits per heavy atom. The molecule has 0 aliphatic rings. The maximum Gasteiger partial charge on any atom is 0.151 e. The molecular weight excluding hydrogens is 364 g/mol. The van der Waals surface area contributed by atoms with Crippen LogP contribution in [0.15, 0.2) is 48.5 Å². The summed E-state index contributed by atoms with van der Waals surface area (Å²) in [5.74, 6) is 0.658. The van der Waals surface area contributed by atoms with Crippen LogP contribution in [0.3, 0.4) is 0 Å². The highest BCUT2D eigenvalue weighted by Crippen LogP contribution is 2.29. The standard InChI is InChI=1S/C24H36N2O3/c1-5-9-23(28)25-24(6-2)29-22-11-8-7-10-20(22)21(27)17-14-18-12-15-19(16-13-18)26(3)4/h7-8,10-13,15-16,21,23-25,27-28H,5-6,9,14,17H2,1-4H3. The van der Waals surface area contributed by atoms with Crippen molar-refractivity contribution in [1.82, 2.24) is 5.32 Å². The van der Waals surface area contributed by atoms with Crippen molar-refractivity contribution < 1.29 is 14.9 Å². The number of aliphatic hydroxyl groups excluding tert-OH is 2. The highest BCUT2D eigenvalue weighted by atomic mass is 16.5. The molecule has 0 fully saturated rings. The average molecular weight is 401 g/mol. The van der Waals surface area contributed by atoms with Crippen molar-refractivity contribution >= 4 is 5.69 Å². The zero-order valence-corrected chi connectivity index (χ0v) is 18.1. The monoisotopic (exact) mass is 400 g/mol. The van der Waals surface area contributed by atoms with E-state index in [-0.39, 0.29) is 6.23 Å². The van der Waals surface area contributed by atoms with Crippen molar-refractivity contribution in [1.29, 1.82) is 0 Å². The molecule has 0 bridgehead atoms. The molecule has 5 nitrogen and oxygen atoms in total. The number of ether oxygens (including phenoxy) is 1. The fourth-order valence-electron chi connectivity index (χ4n) is 3.24. The second kappa shape index (κ2) is 11.8. The fraction of sp³-hybridized carbons (Fsp3) is 0.500. The quantitative estimate of drug-likeness (QED) is 0.465. The van der Waals surface area contributed by atoms with Gasteiger partial charge in [0.05, 0.1) is 6.10 Å². The summed E-state index contributed by atoms with van der Waals surface area (Å²) in [5, 5.41) is 23.9. The van der Waals surface area contributed by atoms with Gasteiger partial charge >= 0.3 is 0 Å². The SMILES string of the molecule is CCCC(O)NC(CC)Oc1ccccc1C(O)CCc1ccc(N(C)C)cc1. The molecule has 0 spiro atoms. The molecule has 0 saturated heterocycles. The van der Waals surface area contributed by atoms with Crippen LogP contribution in [0.1, 0.15) is 56.8 Å². The van der Waals surface area contributed by atoms with Gasteiger partial charge < -0.3 is 19.8 Å². The summed E-state index contributed by atoms with van der Waals surface area (Å²) < 4.78 is 6.09. The van der Waals surface area contributed by atoms with Crippen molar-refractivity contribution in [2.24, 2.45) is 0 Å². The van der Waals surface area contributed by atoms with Gasteiger partial charge in [0.1, 0.15) is 12.0 Å². The third-order valence-corrected chi connectivity index (χ3v) is 5.02. The smallest absolute Gasteiger partial charge is 0.151 e. The van der Waals surface area contributed by atoms with Crippen LogP contribution in [0.5, 0.6) is 5.75 Å². The summed E-state index contributed by atoms with van der Waals surface area (Å²) >= 11 is 0. The summed E-state index contributed by atoms with van der Waals surface area (Å²) in [6, 6.07) is 16.0. The number of nitrogens with zero attached hydrogens (tertiary/aromatic N) is 1. The van der Waals surface area contributed by atoms with E-state index in [1.807, 2.05) is 52.2 Å². The van der Waals surface area contributed by atoms with E-state index in [4.69, 9.17) is 4.74 Å². The lowest BCUT2D eigenvalue weighted by atomic mass is 10.0. The third kappa shape index (κ3) is 7.35. The highest BCUT2D eigenvalue weighted by Gasteiger charge is 2.18. The van der Waals surface area contributed by atoms with E-state index in [0.717, 1.165) is 24.1 Å². The summed E-state index contributed by atoms with van der Waals surface area (Å²) in [6.45, 7) is 4.04. The van der Waals surface area contributed by atoms with E-state index in [1.165, 1.54) is 5.56 Å². The van der Waals surface area contributed by atoms with Gasteiger partial charge in [-0.25, -0.2) is 0 Å². The lowest BCUT2D eigenvalue weighted by Gasteiger charge is -2.25. The lowest BCUT2D eigenvalue weighted by molar-refractivity contribution is 0.0466. The second-order valence-corrected chi connectivity index (χ2v) is 7.64. The summed E-state index contributed by atoms with van der Waals surface area (Å²) in [5.41, 5.74) is 3.14. The highest BCUT2D eigenvalue weighted by molar-refractivity contribution is 5.46. The van der Waals surface area contributed by atoms with Crippen molar-refractivity contribution in [2.45, 2.75) is 64.5 Å². The molecule has 2 aromatic carbocycles. The Kier molecular flexibility index (Phi) is 9.45. The maximum absolute atomic E-state index is 10.8. The van der Waals surface area contributed by atoms with Crippen LogP contribution in [0.4, 0.5) is 5.69 Å². The van der Waals surface area contributed by atoms with E-state index < -0.39 is 12.3 Å². The van der Waals surface area contributed by atoms with Gasteiger partial charge in [-0.05, 0) is 49.4 Å². The molecule has 3 atom stereocenters. The van der Waals surface area contributed by atoms with Crippen LogP contribution >= 0.6 is 0 Å². The van der Waals surface area contributed by atoms with Crippen LogP contribution < -0.4 is 15.0 Å². The number of nitrogens with one attached hydrogen (secondary N) is 1. The largest absolute Gasteiger partial charge is 0.475 e. The predicted molar refractivity (Wildman–Crippen MR) is 119 cm³/mol. The number of benzene rings is 2. The molecule has 3 N–H and O–H groups in total. The molecule has 0 aliphatic carbocycles. The molecule has 160 valence electrons. The van der Waals surface area contributed by atoms with Crippen molar-refractivity contribution in [3.05, 3.63) is 59.7 Å². The van der Waals surface area contributed by atoms with Crippen LogP contribution in [0.2, 0.25) is 0 Å². The predicted octanol–water partition coefficient (Wildman–Crippen LogP) is 4.24. The Bertz CT molecular complexity index is 718. The van der Waals surface area contributed by atoms with Crippen LogP contribution in [0, 0.1) is 0 Å². The summed E-state index contributed by atoms with van der Waals surface area (Å²) in [4.78, 5) is 2.07. The fourth-order valence-corrected chi connectivity index (χ4v) is 3.24. The summed E-state index contributed by atoms with van der Waals surface area (Å²) in [6.07, 6.45) is 2.18. The number of aryl methyl sites for hydroxylation is 1. The first kappa shape index (κ1) is 23.2. The molecule has 0 amide bonds. The van der Waals surface area contributed by atoms with Gasteiger partial charge in [-0.3, -0.25) is 5.32 Å². The minimum Gasteiger partial charge on any atom is -0.475 e. The molecule has 2 rings (SSSR count). The van der Waals surface area contributed by atoms with Crippen molar-refractivity contribution in [3.63, 3.8) is 0 Å². The van der Waals surface area contributed by atoms with Crippen LogP contribution in [-0.2, 0) is 6.42 Å². The number of rotatable bonds is 12. The molecule has 3 unspecified atom stereocenters. The Balaban J connectivity index is 2.00. The molecule has 0 aliphatic heterocycles. The van der Waals surface area contributed by atoms with Crippen molar-refractivity contribution in [3.8, 4) is 5.75 Å². The normalized spacial score (nSPS) is 14.3. The molecule has 0 heterocycles. The number of para-hydroxylation sites is 1. The zero-order valence-electron chi connectivity index (χ0n) is 18.1. The van der Waals surface area contributed by atoms with Gasteiger partial charge in [0, 0.05) is 25.3 Å². The molecule has 29 heavy (non-hydrogen) atoms. The average Bonchev–Trinajstić information content (AvgIpc) is 2.72. The van der Waals surface area contributed by atoms with Gasteiger partial charge in [0.25, 0.3) is 0 Å². The minimum atomic E-state index is -0.613. The Morgan fingerprint density at radius 2 is 1.66 bits per heavy atom. The van der Waals surface area contributed by atoms with E-state index in [9.17, 15) is 10.2 Å². The van der Waals surface area contributed by atoms with Gasteiger partial charge in [-0.2, -0.15) is 0 Å². The summed E-state index contributed by atoms with van der Waals surface area (Å²) in [7, 11) is 4.05.